The summed E-state index contributed by atoms with van der Waals surface area (Å²) in [6.07, 6.45) is 3.19. The fraction of sp³-hybridized carbons (Fsp3) is 0.467. The second kappa shape index (κ2) is 8.74. The van der Waals surface area contributed by atoms with E-state index < -0.39 is 0 Å². The number of carbonyl (C=O) groups excluding carboxylic acids is 2. The van der Waals surface area contributed by atoms with Crippen LogP contribution in [-0.2, 0) is 9.59 Å². The van der Waals surface area contributed by atoms with Gasteiger partial charge in [-0.3, -0.25) is 9.59 Å². The van der Waals surface area contributed by atoms with E-state index in [0.29, 0.717) is 12.2 Å². The van der Waals surface area contributed by atoms with Gasteiger partial charge in [0.05, 0.1) is 5.69 Å². The molecule has 1 rings (SSSR count). The van der Waals surface area contributed by atoms with Crippen molar-refractivity contribution in [3.8, 4) is 0 Å². The molecular weight excluding hydrogens is 320 g/mol. The molecular formula is C15H21BrN2O2. The van der Waals surface area contributed by atoms with Crippen LogP contribution in [0.15, 0.2) is 28.7 Å². The van der Waals surface area contributed by atoms with Crippen LogP contribution in [0.3, 0.4) is 0 Å². The Bertz CT molecular complexity index is 463. The number of hydrogen-bond acceptors (Lipinski definition) is 2. The maximum Gasteiger partial charge on any atom is 0.240 e. The monoisotopic (exact) mass is 340 g/mol. The van der Waals surface area contributed by atoms with E-state index in [1.54, 1.807) is 0 Å². The summed E-state index contributed by atoms with van der Waals surface area (Å²) in [6.45, 7) is 4.29. The second-order valence-corrected chi connectivity index (χ2v) is 5.47. The van der Waals surface area contributed by atoms with Gasteiger partial charge in [-0.05, 0) is 34.5 Å². The summed E-state index contributed by atoms with van der Waals surface area (Å²) in [4.78, 5) is 25.1. The molecule has 1 aromatic rings. The van der Waals surface area contributed by atoms with Crippen molar-refractivity contribution in [1.29, 1.82) is 0 Å². The number of benzene rings is 1. The molecule has 0 unspecified atom stereocenters. The van der Waals surface area contributed by atoms with Crippen molar-refractivity contribution in [3.05, 3.63) is 28.7 Å². The number of nitrogens with one attached hydrogen (secondary N) is 1. The third-order valence-corrected chi connectivity index (χ3v) is 3.60. The summed E-state index contributed by atoms with van der Waals surface area (Å²) in [5, 5.41) is 2.84. The highest BCUT2D eigenvalue weighted by Crippen LogP contribution is 2.25. The van der Waals surface area contributed by atoms with Crippen LogP contribution in [0.1, 0.15) is 33.1 Å². The van der Waals surface area contributed by atoms with Crippen LogP contribution in [0.4, 0.5) is 5.69 Å². The standard InChI is InChI=1S/C15H21BrN2O2/c1-3-4-7-10-17-15(20)11-18(12(2)19)14-9-6-5-8-13(14)16/h5-6,8-9H,3-4,7,10-11H2,1-2H3,(H,17,20). The topological polar surface area (TPSA) is 49.4 Å². The van der Waals surface area contributed by atoms with Crippen molar-refractivity contribution in [2.24, 2.45) is 0 Å². The number of amides is 2. The molecule has 0 fully saturated rings. The summed E-state index contributed by atoms with van der Waals surface area (Å²) in [5.74, 6) is -0.285. The van der Waals surface area contributed by atoms with Gasteiger partial charge >= 0.3 is 0 Å². The first-order valence-electron chi connectivity index (χ1n) is 6.85. The molecule has 0 aliphatic rings. The lowest BCUT2D eigenvalue weighted by molar-refractivity contribution is -0.123. The highest BCUT2D eigenvalue weighted by molar-refractivity contribution is 9.10. The average Bonchev–Trinajstić information content (AvgIpc) is 2.42. The number of halogens is 1. The summed E-state index contributed by atoms with van der Waals surface area (Å²) < 4.78 is 0.800. The van der Waals surface area contributed by atoms with E-state index in [-0.39, 0.29) is 18.4 Å². The Morgan fingerprint density at radius 3 is 2.55 bits per heavy atom. The Balaban J connectivity index is 2.62. The molecule has 20 heavy (non-hydrogen) atoms. The molecule has 5 heteroatoms. The number of nitrogens with zero attached hydrogens (tertiary/aromatic N) is 1. The summed E-state index contributed by atoms with van der Waals surface area (Å²) in [5.41, 5.74) is 0.712. The van der Waals surface area contributed by atoms with Gasteiger partial charge in [0, 0.05) is 17.9 Å². The molecule has 4 nitrogen and oxygen atoms in total. The van der Waals surface area contributed by atoms with Crippen LogP contribution >= 0.6 is 15.9 Å². The fourth-order valence-electron chi connectivity index (χ4n) is 1.84. The van der Waals surface area contributed by atoms with Crippen LogP contribution in [0.5, 0.6) is 0 Å². The average molecular weight is 341 g/mol. The van der Waals surface area contributed by atoms with E-state index in [1.807, 2.05) is 24.3 Å². The first-order valence-corrected chi connectivity index (χ1v) is 7.65. The third-order valence-electron chi connectivity index (χ3n) is 2.93. The quantitative estimate of drug-likeness (QED) is 0.775. The van der Waals surface area contributed by atoms with Crippen LogP contribution in [0.2, 0.25) is 0 Å². The number of hydrogen-bond donors (Lipinski definition) is 1. The highest BCUT2D eigenvalue weighted by atomic mass is 79.9. The first-order chi connectivity index (χ1) is 9.56. The zero-order valence-electron chi connectivity index (χ0n) is 12.0. The molecule has 2 amide bonds. The van der Waals surface area contributed by atoms with Crippen molar-refractivity contribution < 1.29 is 9.59 Å². The predicted octanol–water partition coefficient (Wildman–Crippen LogP) is 3.11. The van der Waals surface area contributed by atoms with E-state index >= 15 is 0 Å². The summed E-state index contributed by atoms with van der Waals surface area (Å²) >= 11 is 3.40. The summed E-state index contributed by atoms with van der Waals surface area (Å²) in [6, 6.07) is 7.38. The molecule has 0 saturated carbocycles. The van der Waals surface area contributed by atoms with Crippen LogP contribution in [0.25, 0.3) is 0 Å². The van der Waals surface area contributed by atoms with Crippen molar-refractivity contribution in [2.45, 2.75) is 33.1 Å². The lowest BCUT2D eigenvalue weighted by Crippen LogP contribution is -2.40. The molecule has 0 heterocycles. The molecule has 0 atom stereocenters. The minimum absolute atomic E-state index is 0.0457. The van der Waals surface area contributed by atoms with E-state index in [9.17, 15) is 9.59 Å². The molecule has 0 bridgehead atoms. The molecule has 0 radical (unpaired) electrons. The maximum absolute atomic E-state index is 11.9. The van der Waals surface area contributed by atoms with Crippen molar-refractivity contribution in [2.75, 3.05) is 18.0 Å². The van der Waals surface area contributed by atoms with Gasteiger partial charge in [-0.1, -0.05) is 31.9 Å². The minimum Gasteiger partial charge on any atom is -0.355 e. The first kappa shape index (κ1) is 16.7. The highest BCUT2D eigenvalue weighted by Gasteiger charge is 2.17. The largest absolute Gasteiger partial charge is 0.355 e. The molecule has 1 N–H and O–H groups in total. The zero-order chi connectivity index (χ0) is 15.0. The molecule has 0 aliphatic carbocycles. The SMILES string of the molecule is CCCCCNC(=O)CN(C(C)=O)c1ccccc1Br. The number of para-hydroxylation sites is 1. The smallest absolute Gasteiger partial charge is 0.240 e. The van der Waals surface area contributed by atoms with Crippen molar-refractivity contribution in [1.82, 2.24) is 5.32 Å². The molecule has 1 aromatic carbocycles. The Labute approximate surface area is 128 Å². The predicted molar refractivity (Wildman–Crippen MR) is 84.7 cm³/mol. The van der Waals surface area contributed by atoms with E-state index in [1.165, 1.54) is 11.8 Å². The Hall–Kier alpha value is -1.36. The van der Waals surface area contributed by atoms with Crippen molar-refractivity contribution in [3.63, 3.8) is 0 Å². The molecule has 0 aromatic heterocycles. The van der Waals surface area contributed by atoms with Gasteiger partial charge in [-0.2, -0.15) is 0 Å². The second-order valence-electron chi connectivity index (χ2n) is 4.61. The normalized spacial score (nSPS) is 10.2. The Morgan fingerprint density at radius 2 is 1.95 bits per heavy atom. The van der Waals surface area contributed by atoms with E-state index in [4.69, 9.17) is 0 Å². The molecule has 110 valence electrons. The lowest BCUT2D eigenvalue weighted by atomic mass is 10.2. The minimum atomic E-state index is -0.152. The fourth-order valence-corrected chi connectivity index (χ4v) is 2.34. The number of unbranched alkanes of at least 4 members (excludes halogenated alkanes) is 2. The number of rotatable bonds is 7. The summed E-state index contributed by atoms with van der Waals surface area (Å²) in [7, 11) is 0. The lowest BCUT2D eigenvalue weighted by Gasteiger charge is -2.21. The van der Waals surface area contributed by atoms with Gasteiger partial charge < -0.3 is 10.2 Å². The Kier molecular flexibility index (Phi) is 7.30. The van der Waals surface area contributed by atoms with Gasteiger partial charge in [0.1, 0.15) is 6.54 Å². The van der Waals surface area contributed by atoms with Gasteiger partial charge in [0.15, 0.2) is 0 Å². The van der Waals surface area contributed by atoms with Crippen LogP contribution in [-0.4, -0.2) is 24.9 Å². The molecule has 0 spiro atoms. The number of carbonyl (C=O) groups is 2. The third kappa shape index (κ3) is 5.33. The molecule has 0 saturated heterocycles. The maximum atomic E-state index is 11.9. The van der Waals surface area contributed by atoms with Crippen LogP contribution < -0.4 is 10.2 Å². The Morgan fingerprint density at radius 1 is 1.25 bits per heavy atom. The van der Waals surface area contributed by atoms with Gasteiger partial charge in [0.25, 0.3) is 0 Å². The van der Waals surface area contributed by atoms with Crippen LogP contribution in [0, 0.1) is 0 Å². The van der Waals surface area contributed by atoms with E-state index in [2.05, 4.69) is 28.2 Å². The van der Waals surface area contributed by atoms with Crippen molar-refractivity contribution >= 4 is 33.4 Å². The van der Waals surface area contributed by atoms with Gasteiger partial charge in [0.2, 0.25) is 11.8 Å². The van der Waals surface area contributed by atoms with E-state index in [0.717, 1.165) is 23.7 Å². The molecule has 0 aliphatic heterocycles. The van der Waals surface area contributed by atoms with Gasteiger partial charge in [-0.25, -0.2) is 0 Å². The zero-order valence-corrected chi connectivity index (χ0v) is 13.6. The van der Waals surface area contributed by atoms with Gasteiger partial charge in [-0.15, -0.1) is 0 Å². The number of anilines is 1.